The zero-order chi connectivity index (χ0) is 5.49. The Morgan fingerprint density at radius 1 is 1.43 bits per heavy atom. The van der Waals surface area contributed by atoms with Crippen LogP contribution in [0.25, 0.3) is 0 Å². The summed E-state index contributed by atoms with van der Waals surface area (Å²) >= 11 is 0. The fourth-order valence-electron chi connectivity index (χ4n) is 0.663. The molecule has 0 aromatic heterocycles. The normalized spacial score (nSPS) is 19.0. The topological polar surface area (TPSA) is 0 Å². The SMILES string of the molecule is C[Si](C)(C)C1=CC1. The van der Waals surface area contributed by atoms with Crippen LogP contribution in [0.4, 0.5) is 0 Å². The van der Waals surface area contributed by atoms with Gasteiger partial charge < -0.3 is 0 Å². The van der Waals surface area contributed by atoms with Crippen LogP contribution in [-0.2, 0) is 0 Å². The van der Waals surface area contributed by atoms with Crippen LogP contribution in [0.1, 0.15) is 6.42 Å². The maximum Gasteiger partial charge on any atom is 0.0724 e. The van der Waals surface area contributed by atoms with E-state index in [1.54, 1.807) is 5.20 Å². The van der Waals surface area contributed by atoms with Gasteiger partial charge in [0, 0.05) is 0 Å². The molecule has 0 aromatic rings. The van der Waals surface area contributed by atoms with E-state index in [2.05, 4.69) is 25.7 Å². The minimum absolute atomic E-state index is 0.762. The zero-order valence-corrected chi connectivity index (χ0v) is 6.28. The van der Waals surface area contributed by atoms with Crippen molar-refractivity contribution >= 4 is 8.07 Å². The van der Waals surface area contributed by atoms with Crippen molar-refractivity contribution in [3.8, 4) is 0 Å². The Balaban J connectivity index is 2.53. The standard InChI is InChI=1S/C6H12Si/c1-7(2,3)6-4-5-6/h4H,5H2,1-3H3. The first-order valence-corrected chi connectivity index (χ1v) is 6.30. The van der Waals surface area contributed by atoms with Crippen molar-refractivity contribution in [3.05, 3.63) is 11.3 Å². The summed E-state index contributed by atoms with van der Waals surface area (Å²) < 4.78 is 0. The second-order valence-corrected chi connectivity index (χ2v) is 8.33. The molecule has 40 valence electrons. The molecule has 0 saturated heterocycles. The minimum atomic E-state index is -0.762. The lowest BCUT2D eigenvalue weighted by atomic mass is 10.9. The third-order valence-electron chi connectivity index (χ3n) is 1.37. The van der Waals surface area contributed by atoms with E-state index in [1.807, 2.05) is 0 Å². The van der Waals surface area contributed by atoms with E-state index in [1.165, 1.54) is 6.42 Å². The molecule has 7 heavy (non-hydrogen) atoms. The van der Waals surface area contributed by atoms with Gasteiger partial charge in [-0.15, -0.1) is 0 Å². The molecule has 0 aliphatic heterocycles. The van der Waals surface area contributed by atoms with Crippen LogP contribution in [0.2, 0.25) is 19.6 Å². The number of hydrogen-bond acceptors (Lipinski definition) is 0. The molecule has 1 heteroatoms. The van der Waals surface area contributed by atoms with Crippen molar-refractivity contribution in [1.82, 2.24) is 0 Å². The molecular formula is C6H12Si. The predicted octanol–water partition coefficient (Wildman–Crippen LogP) is 2.19. The third kappa shape index (κ3) is 1.16. The Kier molecular flexibility index (Phi) is 0.888. The molecule has 0 aromatic carbocycles. The van der Waals surface area contributed by atoms with Crippen LogP contribution < -0.4 is 0 Å². The summed E-state index contributed by atoms with van der Waals surface area (Å²) in [5.41, 5.74) is 0. The molecule has 0 amide bonds. The first-order valence-electron chi connectivity index (χ1n) is 2.80. The number of hydrogen-bond donors (Lipinski definition) is 0. The van der Waals surface area contributed by atoms with Crippen molar-refractivity contribution in [2.24, 2.45) is 0 Å². The molecule has 0 radical (unpaired) electrons. The Morgan fingerprint density at radius 3 is 1.86 bits per heavy atom. The van der Waals surface area contributed by atoms with Crippen LogP contribution in [0.3, 0.4) is 0 Å². The molecule has 0 unspecified atom stereocenters. The average molecular weight is 112 g/mol. The Labute approximate surface area is 46.2 Å². The van der Waals surface area contributed by atoms with Gasteiger partial charge in [-0.3, -0.25) is 0 Å². The van der Waals surface area contributed by atoms with Crippen molar-refractivity contribution in [2.75, 3.05) is 0 Å². The molecule has 0 fully saturated rings. The van der Waals surface area contributed by atoms with Gasteiger partial charge in [-0.2, -0.15) is 0 Å². The molecule has 1 rings (SSSR count). The second-order valence-electron chi connectivity index (χ2n) is 3.18. The predicted molar refractivity (Wildman–Crippen MR) is 36.0 cm³/mol. The summed E-state index contributed by atoms with van der Waals surface area (Å²) in [6, 6.07) is 0. The van der Waals surface area contributed by atoms with Crippen LogP contribution in [-0.4, -0.2) is 8.07 Å². The van der Waals surface area contributed by atoms with Crippen molar-refractivity contribution in [2.45, 2.75) is 26.1 Å². The molecule has 0 saturated carbocycles. The summed E-state index contributed by atoms with van der Waals surface area (Å²) in [7, 11) is -0.762. The van der Waals surface area contributed by atoms with E-state index in [9.17, 15) is 0 Å². The number of allylic oxidation sites excluding steroid dienone is 2. The monoisotopic (exact) mass is 112 g/mol. The van der Waals surface area contributed by atoms with Gasteiger partial charge in [-0.25, -0.2) is 0 Å². The molecule has 0 nitrogen and oxygen atoms in total. The lowest BCUT2D eigenvalue weighted by Crippen LogP contribution is -2.17. The smallest absolute Gasteiger partial charge is 0.0724 e. The molecule has 1 aliphatic carbocycles. The van der Waals surface area contributed by atoms with Crippen LogP contribution >= 0.6 is 0 Å². The lowest BCUT2D eigenvalue weighted by Gasteiger charge is -2.08. The first-order chi connectivity index (χ1) is 3.11. The fourth-order valence-corrected chi connectivity index (χ4v) is 1.99. The van der Waals surface area contributed by atoms with E-state index in [0.717, 1.165) is 0 Å². The Bertz CT molecular complexity index is 106. The Hall–Kier alpha value is -0.0431. The highest BCUT2D eigenvalue weighted by atomic mass is 28.3. The lowest BCUT2D eigenvalue weighted by molar-refractivity contribution is 1.58. The van der Waals surface area contributed by atoms with Gasteiger partial charge in [0.25, 0.3) is 0 Å². The average Bonchev–Trinajstić information content (AvgIpc) is 1.99. The molecule has 0 atom stereocenters. The van der Waals surface area contributed by atoms with Gasteiger partial charge in [0.2, 0.25) is 0 Å². The zero-order valence-electron chi connectivity index (χ0n) is 5.28. The molecular weight excluding hydrogens is 100 g/mol. The van der Waals surface area contributed by atoms with Gasteiger partial charge >= 0.3 is 0 Å². The van der Waals surface area contributed by atoms with Gasteiger partial charge in [0.1, 0.15) is 0 Å². The summed E-state index contributed by atoms with van der Waals surface area (Å²) in [5.74, 6) is 0. The second kappa shape index (κ2) is 1.22. The molecule has 0 bridgehead atoms. The largest absolute Gasteiger partial charge is 0.0852 e. The third-order valence-corrected chi connectivity index (χ3v) is 3.71. The van der Waals surface area contributed by atoms with Crippen molar-refractivity contribution in [1.29, 1.82) is 0 Å². The first kappa shape index (κ1) is 5.10. The maximum atomic E-state index is 2.39. The molecule has 0 N–H and O–H groups in total. The van der Waals surface area contributed by atoms with Crippen LogP contribution in [0.15, 0.2) is 11.3 Å². The van der Waals surface area contributed by atoms with E-state index < -0.39 is 8.07 Å². The fraction of sp³-hybridized carbons (Fsp3) is 0.667. The molecule has 0 heterocycles. The van der Waals surface area contributed by atoms with Crippen molar-refractivity contribution in [3.63, 3.8) is 0 Å². The molecule has 1 aliphatic rings. The highest BCUT2D eigenvalue weighted by molar-refractivity contribution is 6.84. The van der Waals surface area contributed by atoms with E-state index >= 15 is 0 Å². The van der Waals surface area contributed by atoms with Crippen LogP contribution in [0, 0.1) is 0 Å². The summed E-state index contributed by atoms with van der Waals surface area (Å²) in [5, 5.41) is 1.76. The summed E-state index contributed by atoms with van der Waals surface area (Å²) in [4.78, 5) is 0. The van der Waals surface area contributed by atoms with E-state index in [4.69, 9.17) is 0 Å². The highest BCUT2D eigenvalue weighted by Gasteiger charge is 2.24. The summed E-state index contributed by atoms with van der Waals surface area (Å²) in [6.07, 6.45) is 3.68. The highest BCUT2D eigenvalue weighted by Crippen LogP contribution is 2.28. The van der Waals surface area contributed by atoms with Gasteiger partial charge in [0.15, 0.2) is 0 Å². The van der Waals surface area contributed by atoms with Crippen molar-refractivity contribution < 1.29 is 0 Å². The van der Waals surface area contributed by atoms with Gasteiger partial charge in [-0.1, -0.05) is 30.9 Å². The van der Waals surface area contributed by atoms with E-state index in [-0.39, 0.29) is 0 Å². The van der Waals surface area contributed by atoms with Crippen LogP contribution in [0.5, 0.6) is 0 Å². The Morgan fingerprint density at radius 2 is 1.86 bits per heavy atom. The number of rotatable bonds is 1. The molecule has 0 spiro atoms. The van der Waals surface area contributed by atoms with E-state index in [0.29, 0.717) is 0 Å². The maximum absolute atomic E-state index is 2.39. The quantitative estimate of drug-likeness (QED) is 0.456. The summed E-state index contributed by atoms with van der Waals surface area (Å²) in [6.45, 7) is 7.18. The van der Waals surface area contributed by atoms with Gasteiger partial charge in [-0.05, 0) is 6.42 Å². The van der Waals surface area contributed by atoms with Gasteiger partial charge in [0.05, 0.1) is 8.07 Å². The minimum Gasteiger partial charge on any atom is -0.0852 e.